The maximum absolute atomic E-state index is 12.9. The van der Waals surface area contributed by atoms with Crippen molar-refractivity contribution in [2.75, 3.05) is 0 Å². The van der Waals surface area contributed by atoms with Crippen LogP contribution in [0.4, 0.5) is 13.2 Å². The highest BCUT2D eigenvalue weighted by Crippen LogP contribution is 2.41. The first-order valence-corrected chi connectivity index (χ1v) is 5.32. The first kappa shape index (κ1) is 14.1. The Bertz CT molecular complexity index is 490. The van der Waals surface area contributed by atoms with Crippen molar-refractivity contribution in [3.63, 3.8) is 0 Å². The van der Waals surface area contributed by atoms with Crippen molar-refractivity contribution in [1.29, 1.82) is 5.26 Å². The molecule has 0 atom stereocenters. The summed E-state index contributed by atoms with van der Waals surface area (Å²) in [5.41, 5.74) is -1.99. The lowest BCUT2D eigenvalue weighted by Gasteiger charge is -2.18. The second kappa shape index (κ2) is 4.71. The lowest BCUT2D eigenvalue weighted by molar-refractivity contribution is -0.138. The number of pyridine rings is 1. The number of nitrogens with zero attached hydrogens (tertiary/aromatic N) is 2. The molecule has 0 spiro atoms. The normalized spacial score (nSPS) is 11.7. The summed E-state index contributed by atoms with van der Waals surface area (Å²) < 4.78 is 38.8. The number of hydrogen-bond acceptors (Lipinski definition) is 2. The summed E-state index contributed by atoms with van der Waals surface area (Å²) in [5.74, 6) is -0.518. The zero-order chi connectivity index (χ0) is 13.4. The summed E-state index contributed by atoms with van der Waals surface area (Å²) in [6, 6.07) is 1.42. The lowest BCUT2D eigenvalue weighted by Crippen LogP contribution is -2.15. The summed E-state index contributed by atoms with van der Waals surface area (Å²) in [4.78, 5) is 3.55. The topological polar surface area (TPSA) is 36.7 Å². The van der Waals surface area contributed by atoms with Crippen molar-refractivity contribution >= 4 is 23.2 Å². The molecule has 0 aliphatic carbocycles. The van der Waals surface area contributed by atoms with Crippen molar-refractivity contribution < 1.29 is 13.2 Å². The first-order chi connectivity index (χ1) is 7.70. The summed E-state index contributed by atoms with van der Waals surface area (Å²) in [6.07, 6.45) is -4.69. The van der Waals surface area contributed by atoms with E-state index >= 15 is 0 Å². The minimum atomic E-state index is -4.69. The quantitative estimate of drug-likeness (QED) is 0.716. The van der Waals surface area contributed by atoms with Gasteiger partial charge in [-0.3, -0.25) is 0 Å². The zero-order valence-electron chi connectivity index (χ0n) is 8.86. The van der Waals surface area contributed by atoms with Crippen molar-refractivity contribution in [1.82, 2.24) is 4.98 Å². The summed E-state index contributed by atoms with van der Waals surface area (Å²) in [7, 11) is 0. The fraction of sp³-hybridized carbons (Fsp3) is 0.400. The van der Waals surface area contributed by atoms with Crippen LogP contribution in [0.3, 0.4) is 0 Å². The number of alkyl halides is 3. The molecule has 17 heavy (non-hydrogen) atoms. The molecule has 1 aromatic rings. The predicted octanol–water partition coefficient (Wildman–Crippen LogP) is 4.40. The number of hydrogen-bond donors (Lipinski definition) is 0. The van der Waals surface area contributed by atoms with E-state index in [2.05, 4.69) is 4.98 Å². The van der Waals surface area contributed by atoms with Gasteiger partial charge in [0.05, 0.1) is 5.56 Å². The minimum absolute atomic E-state index is 0.208. The fourth-order valence-corrected chi connectivity index (χ4v) is 2.13. The average Bonchev–Trinajstić information content (AvgIpc) is 2.14. The molecule has 1 aromatic heterocycles. The van der Waals surface area contributed by atoms with Crippen molar-refractivity contribution in [2.45, 2.75) is 25.9 Å². The fourth-order valence-electron chi connectivity index (χ4n) is 1.47. The highest BCUT2D eigenvalue weighted by Gasteiger charge is 2.39. The molecule has 0 saturated carbocycles. The van der Waals surface area contributed by atoms with E-state index in [0.717, 1.165) is 0 Å². The van der Waals surface area contributed by atoms with Crippen LogP contribution in [0, 0.1) is 11.3 Å². The molecule has 0 saturated heterocycles. The maximum atomic E-state index is 12.9. The van der Waals surface area contributed by atoms with Crippen LogP contribution in [0.5, 0.6) is 0 Å². The lowest BCUT2D eigenvalue weighted by atomic mass is 9.96. The van der Waals surface area contributed by atoms with Gasteiger partial charge in [0, 0.05) is 5.56 Å². The average molecular weight is 283 g/mol. The van der Waals surface area contributed by atoms with E-state index in [0.29, 0.717) is 0 Å². The molecule has 2 nitrogen and oxygen atoms in total. The van der Waals surface area contributed by atoms with Gasteiger partial charge in [0.2, 0.25) is 0 Å². The van der Waals surface area contributed by atoms with Gasteiger partial charge in [-0.25, -0.2) is 4.98 Å². The Morgan fingerprint density at radius 1 is 1.24 bits per heavy atom. The van der Waals surface area contributed by atoms with Gasteiger partial charge < -0.3 is 0 Å². The largest absolute Gasteiger partial charge is 0.418 e. The Morgan fingerprint density at radius 3 is 2.12 bits per heavy atom. The summed E-state index contributed by atoms with van der Waals surface area (Å²) in [6.45, 7) is 3.07. The molecular formula is C10H7Cl2F3N2. The van der Waals surface area contributed by atoms with Gasteiger partial charge in [0.1, 0.15) is 21.9 Å². The highest BCUT2D eigenvalue weighted by molar-refractivity contribution is 6.33. The van der Waals surface area contributed by atoms with E-state index in [9.17, 15) is 13.2 Å². The summed E-state index contributed by atoms with van der Waals surface area (Å²) in [5, 5.41) is 7.89. The molecule has 92 valence electrons. The van der Waals surface area contributed by atoms with E-state index in [1.807, 2.05) is 0 Å². The molecule has 1 heterocycles. The van der Waals surface area contributed by atoms with E-state index in [4.69, 9.17) is 28.5 Å². The van der Waals surface area contributed by atoms with Crippen LogP contribution < -0.4 is 0 Å². The smallest absolute Gasteiger partial charge is 0.223 e. The zero-order valence-corrected chi connectivity index (χ0v) is 10.4. The molecule has 0 bridgehead atoms. The molecule has 0 radical (unpaired) electrons. The van der Waals surface area contributed by atoms with Crippen LogP contribution in [-0.2, 0) is 6.18 Å². The predicted molar refractivity (Wildman–Crippen MR) is 58.1 cm³/mol. The Kier molecular flexibility index (Phi) is 3.90. The van der Waals surface area contributed by atoms with Crippen LogP contribution >= 0.6 is 23.2 Å². The number of aromatic nitrogens is 1. The van der Waals surface area contributed by atoms with Crippen molar-refractivity contribution in [3.8, 4) is 6.07 Å². The number of halogens is 5. The number of nitriles is 1. The van der Waals surface area contributed by atoms with Gasteiger partial charge >= 0.3 is 6.18 Å². The molecule has 0 fully saturated rings. The van der Waals surface area contributed by atoms with Gasteiger partial charge in [-0.15, -0.1) is 0 Å². The van der Waals surface area contributed by atoms with Crippen molar-refractivity contribution in [3.05, 3.63) is 27.0 Å². The van der Waals surface area contributed by atoms with E-state index < -0.39 is 28.4 Å². The SMILES string of the molecule is CC(C)c1c(Cl)nc(Cl)c(C#N)c1C(F)(F)F. The Balaban J connectivity index is 3.78. The van der Waals surface area contributed by atoms with Crippen molar-refractivity contribution in [2.24, 2.45) is 0 Å². The molecule has 0 N–H and O–H groups in total. The Morgan fingerprint density at radius 2 is 1.76 bits per heavy atom. The molecule has 7 heteroatoms. The molecule has 0 amide bonds. The number of rotatable bonds is 1. The van der Waals surface area contributed by atoms with Gasteiger partial charge in [-0.05, 0) is 5.92 Å². The molecule has 0 aromatic carbocycles. The second-order valence-corrected chi connectivity index (χ2v) is 4.34. The molecule has 0 aliphatic heterocycles. The van der Waals surface area contributed by atoms with Gasteiger partial charge in [-0.1, -0.05) is 37.0 Å². The first-order valence-electron chi connectivity index (χ1n) is 4.56. The maximum Gasteiger partial charge on any atom is 0.418 e. The van der Waals surface area contributed by atoms with E-state index in [1.54, 1.807) is 0 Å². The van der Waals surface area contributed by atoms with Gasteiger partial charge in [-0.2, -0.15) is 18.4 Å². The van der Waals surface area contributed by atoms with Gasteiger partial charge in [0.25, 0.3) is 0 Å². The Hall–Kier alpha value is -0.990. The third kappa shape index (κ3) is 2.64. The molecular weight excluding hydrogens is 276 g/mol. The summed E-state index contributed by atoms with van der Waals surface area (Å²) >= 11 is 11.2. The van der Waals surface area contributed by atoms with Crippen LogP contribution in [0.1, 0.15) is 36.5 Å². The molecule has 0 aliphatic rings. The molecule has 0 unspecified atom stereocenters. The van der Waals surface area contributed by atoms with Crippen LogP contribution in [0.2, 0.25) is 10.3 Å². The van der Waals surface area contributed by atoms with Crippen LogP contribution in [-0.4, -0.2) is 4.98 Å². The Labute approximate surface area is 106 Å². The second-order valence-electron chi connectivity index (χ2n) is 3.62. The standard InChI is InChI=1S/C10H7Cl2F3N2/c1-4(2)6-7(10(13,14)15)5(3-16)8(11)17-9(6)12/h4H,1-2H3. The minimum Gasteiger partial charge on any atom is -0.223 e. The monoisotopic (exact) mass is 282 g/mol. The third-order valence-corrected chi connectivity index (χ3v) is 2.68. The third-order valence-electron chi connectivity index (χ3n) is 2.12. The van der Waals surface area contributed by atoms with Crippen LogP contribution in [0.15, 0.2) is 0 Å². The molecule has 1 rings (SSSR count). The van der Waals surface area contributed by atoms with E-state index in [-0.39, 0.29) is 10.7 Å². The van der Waals surface area contributed by atoms with E-state index in [1.165, 1.54) is 19.9 Å². The van der Waals surface area contributed by atoms with Gasteiger partial charge in [0.15, 0.2) is 0 Å². The highest BCUT2D eigenvalue weighted by atomic mass is 35.5. The van der Waals surface area contributed by atoms with Crippen LogP contribution in [0.25, 0.3) is 0 Å².